The molecule has 1 atom stereocenters. The molecule has 1 aromatic heterocycles. The standard InChI is InChI=1S/C13H20F3N3/c1-3-5-6-10(4-2)9-17-12-8-7-11(18-19-12)13(14,15)16/h7-8,10H,3-6,9H2,1-2H3,(H,17,19). The van der Waals surface area contributed by atoms with E-state index in [1.54, 1.807) is 0 Å². The molecule has 6 heteroatoms. The zero-order chi connectivity index (χ0) is 14.3. The van der Waals surface area contributed by atoms with Crippen molar-refractivity contribution in [2.24, 2.45) is 5.92 Å². The van der Waals surface area contributed by atoms with Gasteiger partial charge in [0.05, 0.1) is 0 Å². The minimum absolute atomic E-state index is 0.392. The Kier molecular flexibility index (Phi) is 6.05. The highest BCUT2D eigenvalue weighted by Gasteiger charge is 2.32. The third-order valence-corrected chi connectivity index (χ3v) is 3.07. The van der Waals surface area contributed by atoms with Gasteiger partial charge in [0.1, 0.15) is 5.82 Å². The molecule has 1 N–H and O–H groups in total. The van der Waals surface area contributed by atoms with Gasteiger partial charge in [0.15, 0.2) is 5.69 Å². The van der Waals surface area contributed by atoms with Crippen molar-refractivity contribution in [2.75, 3.05) is 11.9 Å². The highest BCUT2D eigenvalue weighted by molar-refractivity contribution is 5.33. The Balaban J connectivity index is 2.49. The molecule has 0 aliphatic rings. The Morgan fingerprint density at radius 3 is 2.42 bits per heavy atom. The molecule has 0 aromatic carbocycles. The SMILES string of the molecule is CCCCC(CC)CNc1ccc(C(F)(F)F)nn1. The summed E-state index contributed by atoms with van der Waals surface area (Å²) in [5.74, 6) is 0.909. The fourth-order valence-electron chi connectivity index (χ4n) is 1.77. The second kappa shape index (κ2) is 7.31. The molecular weight excluding hydrogens is 255 g/mol. The summed E-state index contributed by atoms with van der Waals surface area (Å²) in [7, 11) is 0. The van der Waals surface area contributed by atoms with E-state index in [-0.39, 0.29) is 0 Å². The van der Waals surface area contributed by atoms with Crippen molar-refractivity contribution in [3.63, 3.8) is 0 Å². The third-order valence-electron chi connectivity index (χ3n) is 3.07. The van der Waals surface area contributed by atoms with Crippen molar-refractivity contribution in [1.29, 1.82) is 0 Å². The van der Waals surface area contributed by atoms with Gasteiger partial charge in [0.25, 0.3) is 0 Å². The highest BCUT2D eigenvalue weighted by atomic mass is 19.4. The zero-order valence-corrected chi connectivity index (χ0v) is 11.3. The van der Waals surface area contributed by atoms with E-state index in [9.17, 15) is 13.2 Å². The van der Waals surface area contributed by atoms with Gasteiger partial charge in [-0.05, 0) is 24.5 Å². The fraction of sp³-hybridized carbons (Fsp3) is 0.692. The summed E-state index contributed by atoms with van der Waals surface area (Å²) in [5, 5.41) is 9.77. The van der Waals surface area contributed by atoms with E-state index in [1.807, 2.05) is 0 Å². The summed E-state index contributed by atoms with van der Waals surface area (Å²) >= 11 is 0. The average molecular weight is 275 g/mol. The van der Waals surface area contributed by atoms with Crippen LogP contribution in [0.15, 0.2) is 12.1 Å². The van der Waals surface area contributed by atoms with Crippen LogP contribution in [0.3, 0.4) is 0 Å². The van der Waals surface area contributed by atoms with Crippen molar-refractivity contribution in [1.82, 2.24) is 10.2 Å². The normalized spacial score (nSPS) is 13.3. The molecule has 0 aliphatic heterocycles. The maximum atomic E-state index is 12.3. The van der Waals surface area contributed by atoms with E-state index >= 15 is 0 Å². The van der Waals surface area contributed by atoms with Crippen LogP contribution in [0.5, 0.6) is 0 Å². The van der Waals surface area contributed by atoms with Crippen LogP contribution in [0.4, 0.5) is 19.0 Å². The second-order valence-electron chi connectivity index (χ2n) is 4.60. The number of alkyl halides is 3. The van der Waals surface area contributed by atoms with Gasteiger partial charge in [-0.25, -0.2) is 0 Å². The van der Waals surface area contributed by atoms with Gasteiger partial charge in [0, 0.05) is 6.54 Å². The van der Waals surface area contributed by atoms with Crippen molar-refractivity contribution in [2.45, 2.75) is 45.7 Å². The first-order chi connectivity index (χ1) is 8.97. The summed E-state index contributed by atoms with van der Waals surface area (Å²) in [6.07, 6.45) is 0.0448. The molecule has 1 aromatic rings. The number of aromatic nitrogens is 2. The Labute approximate surface area is 111 Å². The number of nitrogens with zero attached hydrogens (tertiary/aromatic N) is 2. The zero-order valence-electron chi connectivity index (χ0n) is 11.3. The molecule has 0 fully saturated rings. The van der Waals surface area contributed by atoms with Crippen LogP contribution in [0.2, 0.25) is 0 Å². The number of halogens is 3. The number of nitrogens with one attached hydrogen (secondary N) is 1. The third kappa shape index (κ3) is 5.44. The molecular formula is C13H20F3N3. The summed E-state index contributed by atoms with van der Waals surface area (Å²) in [6, 6.07) is 2.27. The lowest BCUT2D eigenvalue weighted by Crippen LogP contribution is -2.16. The van der Waals surface area contributed by atoms with Gasteiger partial charge in [-0.1, -0.05) is 33.1 Å². The molecule has 0 saturated heterocycles. The highest BCUT2D eigenvalue weighted by Crippen LogP contribution is 2.27. The minimum Gasteiger partial charge on any atom is -0.368 e. The monoisotopic (exact) mass is 275 g/mol. The average Bonchev–Trinajstić information content (AvgIpc) is 2.38. The lowest BCUT2D eigenvalue weighted by Gasteiger charge is -2.15. The molecule has 1 heterocycles. The Morgan fingerprint density at radius 1 is 1.21 bits per heavy atom. The van der Waals surface area contributed by atoms with E-state index in [4.69, 9.17) is 0 Å². The summed E-state index contributed by atoms with van der Waals surface area (Å²) in [4.78, 5) is 0. The number of rotatable bonds is 7. The Hall–Kier alpha value is -1.33. The molecule has 0 aliphatic carbocycles. The van der Waals surface area contributed by atoms with E-state index < -0.39 is 11.9 Å². The van der Waals surface area contributed by atoms with Crippen LogP contribution in [-0.4, -0.2) is 16.7 Å². The van der Waals surface area contributed by atoms with Gasteiger partial charge in [-0.3, -0.25) is 0 Å². The molecule has 0 bridgehead atoms. The molecule has 0 amide bonds. The molecule has 1 unspecified atom stereocenters. The van der Waals surface area contributed by atoms with Crippen LogP contribution in [0, 0.1) is 5.92 Å². The lowest BCUT2D eigenvalue weighted by atomic mass is 9.99. The molecule has 19 heavy (non-hydrogen) atoms. The van der Waals surface area contributed by atoms with Crippen LogP contribution in [0.25, 0.3) is 0 Å². The van der Waals surface area contributed by atoms with E-state index in [1.165, 1.54) is 12.5 Å². The van der Waals surface area contributed by atoms with Crippen LogP contribution in [-0.2, 0) is 6.18 Å². The number of hydrogen-bond donors (Lipinski definition) is 1. The number of hydrogen-bond acceptors (Lipinski definition) is 3. The molecule has 3 nitrogen and oxygen atoms in total. The molecule has 0 spiro atoms. The molecule has 0 saturated carbocycles. The van der Waals surface area contributed by atoms with Crippen molar-refractivity contribution < 1.29 is 13.2 Å². The minimum atomic E-state index is -4.43. The Morgan fingerprint density at radius 2 is 1.95 bits per heavy atom. The van der Waals surface area contributed by atoms with Crippen molar-refractivity contribution >= 4 is 5.82 Å². The second-order valence-corrected chi connectivity index (χ2v) is 4.60. The number of unbranched alkanes of at least 4 members (excludes halogenated alkanes) is 1. The molecule has 1 rings (SSSR count). The van der Waals surface area contributed by atoms with Gasteiger partial charge in [0.2, 0.25) is 0 Å². The largest absolute Gasteiger partial charge is 0.435 e. The van der Waals surface area contributed by atoms with Crippen LogP contribution >= 0.6 is 0 Å². The van der Waals surface area contributed by atoms with E-state index in [0.29, 0.717) is 11.7 Å². The van der Waals surface area contributed by atoms with Gasteiger partial charge >= 0.3 is 6.18 Å². The first-order valence-electron chi connectivity index (χ1n) is 6.62. The van der Waals surface area contributed by atoms with Crippen LogP contribution < -0.4 is 5.32 Å². The van der Waals surface area contributed by atoms with Crippen molar-refractivity contribution in [3.8, 4) is 0 Å². The lowest BCUT2D eigenvalue weighted by molar-refractivity contribution is -0.141. The Bertz CT molecular complexity index is 362. The number of anilines is 1. The van der Waals surface area contributed by atoms with Gasteiger partial charge in [-0.2, -0.15) is 13.2 Å². The van der Waals surface area contributed by atoms with E-state index in [2.05, 4.69) is 29.4 Å². The predicted octanol–water partition coefficient (Wildman–Crippen LogP) is 4.12. The smallest absolute Gasteiger partial charge is 0.368 e. The van der Waals surface area contributed by atoms with Crippen LogP contribution in [0.1, 0.15) is 45.2 Å². The maximum absolute atomic E-state index is 12.3. The van der Waals surface area contributed by atoms with Crippen molar-refractivity contribution in [3.05, 3.63) is 17.8 Å². The predicted molar refractivity (Wildman–Crippen MR) is 68.8 cm³/mol. The fourth-order valence-corrected chi connectivity index (χ4v) is 1.77. The quantitative estimate of drug-likeness (QED) is 0.813. The first kappa shape index (κ1) is 15.7. The molecule has 108 valence electrons. The topological polar surface area (TPSA) is 37.8 Å². The van der Waals surface area contributed by atoms with Gasteiger partial charge < -0.3 is 5.32 Å². The maximum Gasteiger partial charge on any atom is 0.435 e. The molecule has 0 radical (unpaired) electrons. The summed E-state index contributed by atoms with van der Waals surface area (Å²) in [6.45, 7) is 4.97. The summed E-state index contributed by atoms with van der Waals surface area (Å²) < 4.78 is 36.9. The van der Waals surface area contributed by atoms with E-state index in [0.717, 1.165) is 31.9 Å². The first-order valence-corrected chi connectivity index (χ1v) is 6.62. The summed E-state index contributed by atoms with van der Waals surface area (Å²) in [5.41, 5.74) is -0.962. The van der Waals surface area contributed by atoms with Gasteiger partial charge in [-0.15, -0.1) is 10.2 Å².